The molecule has 164 valence electrons. The SMILES string of the molecule is CC[C@H]1OC[C@]2(c3cc(NC(=O)c4cnc(OCF)cn4)ccc3F)N=C(N)SC[C@H]12. The molecule has 3 N–H and O–H groups in total. The lowest BCUT2D eigenvalue weighted by Crippen LogP contribution is -2.42. The lowest BCUT2D eigenvalue weighted by molar-refractivity contribution is 0.0904. The van der Waals surface area contributed by atoms with Crippen molar-refractivity contribution in [2.75, 3.05) is 24.5 Å². The lowest BCUT2D eigenvalue weighted by atomic mass is 9.78. The molecule has 2 aliphatic heterocycles. The number of thioether (sulfide) groups is 1. The van der Waals surface area contributed by atoms with E-state index in [-0.39, 0.29) is 30.2 Å². The van der Waals surface area contributed by atoms with Crippen molar-refractivity contribution in [2.45, 2.75) is 25.0 Å². The van der Waals surface area contributed by atoms with E-state index in [0.717, 1.165) is 12.6 Å². The van der Waals surface area contributed by atoms with Crippen LogP contribution in [0.1, 0.15) is 29.4 Å². The zero-order valence-electron chi connectivity index (χ0n) is 16.7. The maximum Gasteiger partial charge on any atom is 0.275 e. The Morgan fingerprint density at radius 2 is 2.26 bits per heavy atom. The summed E-state index contributed by atoms with van der Waals surface area (Å²) in [7, 11) is 0. The van der Waals surface area contributed by atoms with Gasteiger partial charge in [0.25, 0.3) is 5.91 Å². The summed E-state index contributed by atoms with van der Waals surface area (Å²) in [5.74, 6) is -0.399. The number of ether oxygens (including phenoxy) is 2. The third-order valence-corrected chi connectivity index (χ3v) is 6.37. The van der Waals surface area contributed by atoms with Crippen molar-refractivity contribution >= 4 is 28.5 Å². The number of benzene rings is 1. The average molecular weight is 449 g/mol. The topological polar surface area (TPSA) is 112 Å². The molecule has 0 radical (unpaired) electrons. The third kappa shape index (κ3) is 4.07. The highest BCUT2D eigenvalue weighted by Crippen LogP contribution is 2.49. The van der Waals surface area contributed by atoms with Gasteiger partial charge >= 0.3 is 0 Å². The monoisotopic (exact) mass is 449 g/mol. The third-order valence-electron chi connectivity index (χ3n) is 5.46. The van der Waals surface area contributed by atoms with E-state index in [1.165, 1.54) is 30.1 Å². The highest BCUT2D eigenvalue weighted by Gasteiger charge is 2.53. The highest BCUT2D eigenvalue weighted by molar-refractivity contribution is 8.13. The molecule has 31 heavy (non-hydrogen) atoms. The molecule has 8 nitrogen and oxygen atoms in total. The molecule has 3 atom stereocenters. The second-order valence-corrected chi connectivity index (χ2v) is 8.23. The number of nitrogens with one attached hydrogen (secondary N) is 1. The van der Waals surface area contributed by atoms with E-state index < -0.39 is 24.1 Å². The summed E-state index contributed by atoms with van der Waals surface area (Å²) >= 11 is 1.44. The summed E-state index contributed by atoms with van der Waals surface area (Å²) in [6.07, 6.45) is 3.04. The van der Waals surface area contributed by atoms with Gasteiger partial charge in [0, 0.05) is 22.9 Å². The second-order valence-electron chi connectivity index (χ2n) is 7.19. The van der Waals surface area contributed by atoms with Crippen molar-refractivity contribution in [3.63, 3.8) is 0 Å². The van der Waals surface area contributed by atoms with Crippen molar-refractivity contribution in [1.29, 1.82) is 0 Å². The van der Waals surface area contributed by atoms with Crippen molar-refractivity contribution in [1.82, 2.24) is 9.97 Å². The number of alkyl halides is 1. The molecule has 1 amide bonds. The van der Waals surface area contributed by atoms with Crippen molar-refractivity contribution in [3.05, 3.63) is 47.7 Å². The molecule has 1 aromatic carbocycles. The van der Waals surface area contributed by atoms with Gasteiger partial charge in [0.2, 0.25) is 12.7 Å². The minimum Gasteiger partial charge on any atom is -0.445 e. The second kappa shape index (κ2) is 8.75. The Morgan fingerprint density at radius 3 is 2.97 bits per heavy atom. The van der Waals surface area contributed by atoms with Gasteiger partial charge in [-0.1, -0.05) is 18.7 Å². The number of aliphatic imine (C=N–C) groups is 1. The molecule has 4 rings (SSSR count). The predicted octanol–water partition coefficient (Wildman–Crippen LogP) is 2.86. The van der Waals surface area contributed by atoms with Gasteiger partial charge in [0.1, 0.15) is 17.1 Å². The summed E-state index contributed by atoms with van der Waals surface area (Å²) < 4.78 is 37.7. The van der Waals surface area contributed by atoms with Gasteiger partial charge in [-0.05, 0) is 24.6 Å². The number of aromatic nitrogens is 2. The Bertz CT molecular complexity index is 1010. The molecule has 0 bridgehead atoms. The lowest BCUT2D eigenvalue weighted by Gasteiger charge is -2.36. The number of nitrogens with zero attached hydrogens (tertiary/aromatic N) is 3. The van der Waals surface area contributed by atoms with E-state index in [0.29, 0.717) is 22.2 Å². The number of carbonyl (C=O) groups excluding carboxylic acids is 1. The summed E-state index contributed by atoms with van der Waals surface area (Å²) in [4.78, 5) is 24.9. The Hall–Kier alpha value is -2.79. The van der Waals surface area contributed by atoms with Gasteiger partial charge in [-0.3, -0.25) is 4.79 Å². The molecule has 11 heteroatoms. The molecule has 0 unspecified atom stereocenters. The summed E-state index contributed by atoms with van der Waals surface area (Å²) in [6, 6.07) is 4.30. The molecule has 1 aromatic heterocycles. The van der Waals surface area contributed by atoms with Gasteiger partial charge in [-0.2, -0.15) is 0 Å². The van der Waals surface area contributed by atoms with Crippen LogP contribution in [0.5, 0.6) is 5.88 Å². The van der Waals surface area contributed by atoms with E-state index in [9.17, 15) is 13.6 Å². The number of rotatable bonds is 6. The number of nitrogens with two attached hydrogens (primary N) is 1. The highest BCUT2D eigenvalue weighted by atomic mass is 32.2. The average Bonchev–Trinajstić information content (AvgIpc) is 3.14. The number of halogens is 2. The first-order chi connectivity index (χ1) is 15.0. The van der Waals surface area contributed by atoms with Crippen LogP contribution >= 0.6 is 11.8 Å². The van der Waals surface area contributed by atoms with Crippen molar-refractivity contribution in [3.8, 4) is 5.88 Å². The zero-order valence-corrected chi connectivity index (χ0v) is 17.5. The van der Waals surface area contributed by atoms with Crippen LogP contribution in [0.25, 0.3) is 0 Å². The Balaban J connectivity index is 1.63. The molecular formula is C20H21F2N5O3S. The van der Waals surface area contributed by atoms with Crippen LogP contribution in [0.2, 0.25) is 0 Å². The van der Waals surface area contributed by atoms with E-state index in [1.807, 2.05) is 6.92 Å². The van der Waals surface area contributed by atoms with E-state index in [4.69, 9.17) is 10.5 Å². The zero-order chi connectivity index (χ0) is 22.0. The van der Waals surface area contributed by atoms with Gasteiger partial charge in [-0.25, -0.2) is 23.7 Å². The first kappa shape index (κ1) is 21.4. The van der Waals surface area contributed by atoms with Crippen molar-refractivity contribution < 1.29 is 23.0 Å². The van der Waals surface area contributed by atoms with Crippen LogP contribution < -0.4 is 15.8 Å². The summed E-state index contributed by atoms with van der Waals surface area (Å²) in [5, 5.41) is 3.07. The number of amides is 1. The van der Waals surface area contributed by atoms with Crippen LogP contribution in [0.4, 0.5) is 14.5 Å². The molecule has 3 heterocycles. The molecule has 0 spiro atoms. The summed E-state index contributed by atoms with van der Waals surface area (Å²) in [5.41, 5.74) is 5.75. The Labute approximate surface area is 181 Å². The fourth-order valence-electron chi connectivity index (χ4n) is 3.96. The smallest absolute Gasteiger partial charge is 0.275 e. The van der Waals surface area contributed by atoms with Crippen LogP contribution in [0.15, 0.2) is 35.6 Å². The number of carbonyl (C=O) groups is 1. The number of hydrogen-bond acceptors (Lipinski definition) is 8. The predicted molar refractivity (Wildman–Crippen MR) is 112 cm³/mol. The Morgan fingerprint density at radius 1 is 1.42 bits per heavy atom. The van der Waals surface area contributed by atoms with E-state index >= 15 is 0 Å². The van der Waals surface area contributed by atoms with Crippen molar-refractivity contribution in [2.24, 2.45) is 16.6 Å². The number of hydrogen-bond donors (Lipinski definition) is 2. The fourth-order valence-corrected chi connectivity index (χ4v) is 5.03. The van der Waals surface area contributed by atoms with Gasteiger partial charge < -0.3 is 20.5 Å². The molecule has 0 saturated carbocycles. The van der Waals surface area contributed by atoms with Crippen LogP contribution in [-0.4, -0.2) is 46.4 Å². The largest absolute Gasteiger partial charge is 0.445 e. The minimum absolute atomic E-state index is 0.000277. The van der Waals surface area contributed by atoms with Crippen LogP contribution in [0.3, 0.4) is 0 Å². The maximum atomic E-state index is 15.0. The molecule has 2 aromatic rings. The van der Waals surface area contributed by atoms with Gasteiger partial charge in [-0.15, -0.1) is 0 Å². The van der Waals surface area contributed by atoms with Crippen LogP contribution in [0, 0.1) is 11.7 Å². The first-order valence-corrected chi connectivity index (χ1v) is 10.7. The normalized spacial score (nSPS) is 24.9. The quantitative estimate of drug-likeness (QED) is 0.697. The standard InChI is InChI=1S/C20H21F2N5O3S/c1-2-16-13-8-31-19(23)27-20(13,9-29-16)12-5-11(3-4-14(12)22)26-18(28)15-6-25-17(7-24-15)30-10-21/h3-7,13,16H,2,8-10H2,1H3,(H2,23,27)(H,26,28)/t13-,16-,20-/m1/s1. The maximum absolute atomic E-state index is 15.0. The fraction of sp³-hybridized carbons (Fsp3) is 0.400. The van der Waals surface area contributed by atoms with E-state index in [1.54, 1.807) is 6.07 Å². The molecule has 0 aliphatic carbocycles. The molecule has 1 saturated heterocycles. The Kier molecular flexibility index (Phi) is 6.05. The minimum atomic E-state index is -1.05. The van der Waals surface area contributed by atoms with Gasteiger partial charge in [0.05, 0.1) is 25.1 Å². The van der Waals surface area contributed by atoms with Gasteiger partial charge in [0.15, 0.2) is 5.17 Å². The molecular weight excluding hydrogens is 428 g/mol. The molecule has 1 fully saturated rings. The number of fused-ring (bicyclic) bond motifs is 1. The number of anilines is 1. The number of amidine groups is 1. The van der Waals surface area contributed by atoms with E-state index in [2.05, 4.69) is 25.0 Å². The first-order valence-electron chi connectivity index (χ1n) is 9.68. The summed E-state index contributed by atoms with van der Waals surface area (Å²) in [6.45, 7) is 1.19. The molecule has 2 aliphatic rings. The van der Waals surface area contributed by atoms with Crippen LogP contribution in [-0.2, 0) is 10.3 Å².